The summed E-state index contributed by atoms with van der Waals surface area (Å²) in [6, 6.07) is 42.2. The van der Waals surface area contributed by atoms with E-state index in [0.29, 0.717) is 5.75 Å². The molecule has 5 aromatic carbocycles. The normalized spacial score (nSPS) is 11.9. The van der Waals surface area contributed by atoms with Gasteiger partial charge in [0.2, 0.25) is 5.91 Å². The number of nitrogens with one attached hydrogen (secondary N) is 2. The van der Waals surface area contributed by atoms with E-state index in [2.05, 4.69) is 89.2 Å². The van der Waals surface area contributed by atoms with E-state index in [0.717, 1.165) is 67.4 Å². The molecule has 7 aromatic rings. The number of thioether (sulfide) groups is 1. The minimum Gasteiger partial charge on any atom is -0.480 e. The van der Waals surface area contributed by atoms with Gasteiger partial charge in [-0.05, 0) is 63.0 Å². The molecule has 0 fully saturated rings. The average Bonchev–Trinajstić information content (AvgIpc) is 3.72. The smallest absolute Gasteiger partial charge is 0.327 e. The molecule has 0 unspecified atom stereocenters. The first-order valence-electron chi connectivity index (χ1n) is 15.9. The van der Waals surface area contributed by atoms with Crippen molar-refractivity contribution in [3.05, 3.63) is 156 Å². The maximum atomic E-state index is 12.6. The third-order valence-corrected chi connectivity index (χ3v) is 9.61. The second-order valence-electron chi connectivity index (χ2n) is 11.9. The van der Waals surface area contributed by atoms with Crippen molar-refractivity contribution in [3.8, 4) is 22.3 Å². The van der Waals surface area contributed by atoms with Crippen LogP contribution in [0.4, 0.5) is 0 Å². The van der Waals surface area contributed by atoms with Crippen LogP contribution in [0.25, 0.3) is 44.1 Å². The Balaban J connectivity index is 0.972. The average molecular weight is 651 g/mol. The highest BCUT2D eigenvalue weighted by Gasteiger charge is 2.20. The number of carboxylic acids is 1. The van der Waals surface area contributed by atoms with Gasteiger partial charge < -0.3 is 19.8 Å². The van der Waals surface area contributed by atoms with Gasteiger partial charge in [-0.15, -0.1) is 0 Å². The number of hydrogen-bond acceptors (Lipinski definition) is 4. The summed E-state index contributed by atoms with van der Waals surface area (Å²) in [4.78, 5) is 27.7. The maximum Gasteiger partial charge on any atom is 0.327 e. The van der Waals surface area contributed by atoms with Crippen molar-refractivity contribution < 1.29 is 19.1 Å². The predicted molar refractivity (Wildman–Crippen MR) is 194 cm³/mol. The minimum atomic E-state index is -1.04. The maximum absolute atomic E-state index is 12.6. The number of furan rings is 1. The van der Waals surface area contributed by atoms with Crippen LogP contribution in [0.1, 0.15) is 22.5 Å². The van der Waals surface area contributed by atoms with Gasteiger partial charge in [0, 0.05) is 40.6 Å². The Morgan fingerprint density at radius 3 is 2.21 bits per heavy atom. The number of carbonyl (C=O) groups is 2. The number of aromatic nitrogens is 1. The van der Waals surface area contributed by atoms with Crippen molar-refractivity contribution in [2.24, 2.45) is 0 Å². The molecule has 48 heavy (non-hydrogen) atoms. The number of carboxylic acid groups (broad SMARTS) is 1. The molecule has 0 spiro atoms. The van der Waals surface area contributed by atoms with Crippen LogP contribution in [0, 0.1) is 0 Å². The fraction of sp³-hybridized carbons (Fsp3) is 0.122. The molecule has 1 amide bonds. The highest BCUT2D eigenvalue weighted by Crippen LogP contribution is 2.37. The van der Waals surface area contributed by atoms with E-state index in [-0.39, 0.29) is 18.1 Å². The summed E-state index contributed by atoms with van der Waals surface area (Å²) < 4.78 is 6.34. The van der Waals surface area contributed by atoms with Crippen molar-refractivity contribution in [3.63, 3.8) is 0 Å². The third-order valence-electron chi connectivity index (χ3n) is 8.51. The fourth-order valence-electron chi connectivity index (χ4n) is 6.05. The summed E-state index contributed by atoms with van der Waals surface area (Å²) >= 11 is 1.49. The first kappa shape index (κ1) is 31.1. The monoisotopic (exact) mass is 650 g/mol. The van der Waals surface area contributed by atoms with Crippen molar-refractivity contribution in [1.29, 1.82) is 0 Å². The third kappa shape index (κ3) is 7.06. The molecule has 7 rings (SSSR count). The fourth-order valence-corrected chi connectivity index (χ4v) is 7.06. The number of H-pyrrole nitrogens is 1. The molecule has 0 saturated carbocycles. The number of carbonyl (C=O) groups excluding carboxylic acids is 1. The number of para-hydroxylation sites is 1. The number of rotatable bonds is 12. The number of hydrogen-bond donors (Lipinski definition) is 3. The Labute approximate surface area is 282 Å². The van der Waals surface area contributed by atoms with Crippen LogP contribution in [0.5, 0.6) is 0 Å². The number of amides is 1. The SMILES string of the molecule is O=C(Cc1ccc2[nH]ccc2c1)N[C@@H](CSCc1ccc(-c2ccc(-c3c(Cc4ccccc4)oc4ccccc34)cc2)cc1)C(=O)O. The van der Waals surface area contributed by atoms with E-state index in [9.17, 15) is 14.7 Å². The molecule has 0 saturated heterocycles. The van der Waals surface area contributed by atoms with E-state index in [1.54, 1.807) is 0 Å². The van der Waals surface area contributed by atoms with Crippen LogP contribution in [-0.2, 0) is 28.2 Å². The Hall–Kier alpha value is -5.53. The highest BCUT2D eigenvalue weighted by atomic mass is 32.2. The van der Waals surface area contributed by atoms with Crippen molar-refractivity contribution in [1.82, 2.24) is 10.3 Å². The standard InChI is InChI=1S/C41H34N2O4S/c44-39(24-29-12-19-35-33(22-29)20-21-42-35)43-36(41(45)46)26-48-25-28-10-13-30(14-11-28)31-15-17-32(18-16-31)40-34-8-4-5-9-37(34)47-38(40)23-27-6-2-1-3-7-27/h1-22,36,42H,23-26H2,(H,43,44)(H,45,46)/t36-/m0/s1. The molecule has 0 aliphatic heterocycles. The summed E-state index contributed by atoms with van der Waals surface area (Å²) in [5.41, 5.74) is 9.48. The number of fused-ring (bicyclic) bond motifs is 2. The second kappa shape index (κ2) is 14.1. The van der Waals surface area contributed by atoms with Gasteiger partial charge in [-0.1, -0.05) is 103 Å². The van der Waals surface area contributed by atoms with Gasteiger partial charge in [0.05, 0.1) is 6.42 Å². The summed E-state index contributed by atoms with van der Waals surface area (Å²) in [5.74, 6) is 0.529. The van der Waals surface area contributed by atoms with E-state index in [1.807, 2.05) is 54.7 Å². The molecule has 0 aliphatic carbocycles. The Bertz CT molecular complexity index is 2180. The number of aliphatic carboxylic acids is 1. The van der Waals surface area contributed by atoms with E-state index >= 15 is 0 Å². The van der Waals surface area contributed by atoms with E-state index < -0.39 is 12.0 Å². The second-order valence-corrected chi connectivity index (χ2v) is 12.9. The lowest BCUT2D eigenvalue weighted by Gasteiger charge is -2.14. The lowest BCUT2D eigenvalue weighted by Crippen LogP contribution is -2.43. The molecule has 3 N–H and O–H groups in total. The Morgan fingerprint density at radius 2 is 1.44 bits per heavy atom. The van der Waals surface area contributed by atoms with Gasteiger partial charge in [-0.2, -0.15) is 11.8 Å². The molecule has 1 atom stereocenters. The van der Waals surface area contributed by atoms with Crippen LogP contribution in [0.15, 0.2) is 138 Å². The molecule has 7 heteroatoms. The summed E-state index contributed by atoms with van der Waals surface area (Å²) in [6.45, 7) is 0. The number of aromatic amines is 1. The van der Waals surface area contributed by atoms with Gasteiger partial charge in [-0.25, -0.2) is 4.79 Å². The zero-order valence-electron chi connectivity index (χ0n) is 26.2. The van der Waals surface area contributed by atoms with Crippen molar-refractivity contribution in [2.45, 2.75) is 24.6 Å². The Morgan fingerprint density at radius 1 is 0.750 bits per heavy atom. The van der Waals surface area contributed by atoms with Gasteiger partial charge in [0.15, 0.2) is 0 Å². The summed E-state index contributed by atoms with van der Waals surface area (Å²) in [6.07, 6.45) is 2.70. The van der Waals surface area contributed by atoms with E-state index in [4.69, 9.17) is 4.42 Å². The molecule has 6 nitrogen and oxygen atoms in total. The summed E-state index contributed by atoms with van der Waals surface area (Å²) in [7, 11) is 0. The highest BCUT2D eigenvalue weighted by molar-refractivity contribution is 7.98. The van der Waals surface area contributed by atoms with Crippen molar-refractivity contribution >= 4 is 45.5 Å². The molecule has 2 heterocycles. The molecule has 238 valence electrons. The van der Waals surface area contributed by atoms with Gasteiger partial charge >= 0.3 is 5.97 Å². The molecule has 0 bridgehead atoms. The molecule has 2 aromatic heterocycles. The quantitative estimate of drug-likeness (QED) is 0.123. The van der Waals surface area contributed by atoms with Crippen LogP contribution in [0.3, 0.4) is 0 Å². The molecular weight excluding hydrogens is 617 g/mol. The van der Waals surface area contributed by atoms with Gasteiger partial charge in [-0.3, -0.25) is 4.79 Å². The largest absolute Gasteiger partial charge is 0.480 e. The van der Waals surface area contributed by atoms with E-state index in [1.165, 1.54) is 17.3 Å². The van der Waals surface area contributed by atoms with Crippen LogP contribution in [-0.4, -0.2) is 33.8 Å². The van der Waals surface area contributed by atoms with Crippen LogP contribution >= 0.6 is 11.8 Å². The predicted octanol–water partition coefficient (Wildman–Crippen LogP) is 8.88. The molecule has 0 aliphatic rings. The van der Waals surface area contributed by atoms with Crippen LogP contribution in [0.2, 0.25) is 0 Å². The lowest BCUT2D eigenvalue weighted by molar-refractivity contribution is -0.141. The Kier molecular flexibility index (Phi) is 9.12. The molecule has 0 radical (unpaired) electrons. The number of benzene rings is 5. The van der Waals surface area contributed by atoms with Crippen molar-refractivity contribution in [2.75, 3.05) is 5.75 Å². The summed E-state index contributed by atoms with van der Waals surface area (Å²) in [5, 5.41) is 14.6. The van der Waals surface area contributed by atoms with Gasteiger partial charge in [0.25, 0.3) is 0 Å². The first-order valence-corrected chi connectivity index (χ1v) is 17.1. The topological polar surface area (TPSA) is 95.3 Å². The zero-order chi connectivity index (χ0) is 32.9. The van der Waals surface area contributed by atoms with Crippen LogP contribution < -0.4 is 5.32 Å². The minimum absolute atomic E-state index is 0.130. The lowest BCUT2D eigenvalue weighted by atomic mass is 9.96. The zero-order valence-corrected chi connectivity index (χ0v) is 27.0. The first-order chi connectivity index (χ1) is 23.5. The van der Waals surface area contributed by atoms with Gasteiger partial charge in [0.1, 0.15) is 17.4 Å². The molecular formula is C41H34N2O4S.